The summed E-state index contributed by atoms with van der Waals surface area (Å²) < 4.78 is 5.19. The molecular weight excluding hydrogens is 240 g/mol. The lowest BCUT2D eigenvalue weighted by atomic mass is 10.2. The average Bonchev–Trinajstić information content (AvgIpc) is 2.86. The van der Waals surface area contributed by atoms with E-state index >= 15 is 0 Å². The van der Waals surface area contributed by atoms with Crippen molar-refractivity contribution in [2.24, 2.45) is 5.84 Å². The molecule has 1 fully saturated rings. The van der Waals surface area contributed by atoms with Crippen LogP contribution in [0.5, 0.6) is 0 Å². The van der Waals surface area contributed by atoms with Gasteiger partial charge in [-0.1, -0.05) is 0 Å². The molecule has 4 amide bonds. The number of nitrogen functional groups attached to an aromatic ring is 1. The van der Waals surface area contributed by atoms with Gasteiger partial charge in [-0.3, -0.25) is 19.9 Å². The van der Waals surface area contributed by atoms with Crippen LogP contribution in [0.15, 0.2) is 10.5 Å². The standard InChI is InChI=1S/C10H12N4O4/c1-5-6(2-7(18-5)9(16)13-11)4-14-8(15)3-12-10(14)17/h2H,3-4,11H2,1H3,(H,12,17)(H,13,16). The molecule has 1 aliphatic rings. The van der Waals surface area contributed by atoms with E-state index < -0.39 is 11.9 Å². The minimum absolute atomic E-state index is 0.00806. The predicted molar refractivity (Wildman–Crippen MR) is 59.0 cm³/mol. The van der Waals surface area contributed by atoms with Gasteiger partial charge in [0.25, 0.3) is 0 Å². The summed E-state index contributed by atoms with van der Waals surface area (Å²) in [5.41, 5.74) is 2.52. The normalized spacial score (nSPS) is 14.9. The number of nitrogens with two attached hydrogens (primary N) is 1. The van der Waals surface area contributed by atoms with Gasteiger partial charge in [0, 0.05) is 5.56 Å². The molecule has 1 aromatic rings. The van der Waals surface area contributed by atoms with Crippen LogP contribution < -0.4 is 16.6 Å². The second-order valence-electron chi connectivity index (χ2n) is 3.80. The fraction of sp³-hybridized carbons (Fsp3) is 0.300. The van der Waals surface area contributed by atoms with Gasteiger partial charge in [-0.25, -0.2) is 10.6 Å². The Morgan fingerprint density at radius 2 is 2.33 bits per heavy atom. The molecule has 0 aliphatic carbocycles. The topological polar surface area (TPSA) is 118 Å². The smallest absolute Gasteiger partial charge is 0.324 e. The molecule has 0 aromatic carbocycles. The molecule has 2 rings (SSSR count). The van der Waals surface area contributed by atoms with Crippen LogP contribution in [0.2, 0.25) is 0 Å². The third-order valence-electron chi connectivity index (χ3n) is 2.64. The van der Waals surface area contributed by atoms with Gasteiger partial charge in [-0.05, 0) is 13.0 Å². The van der Waals surface area contributed by atoms with Crippen LogP contribution >= 0.6 is 0 Å². The SMILES string of the molecule is Cc1oc(C(=O)NN)cc1CN1C(=O)CNC1=O. The fourth-order valence-corrected chi connectivity index (χ4v) is 1.65. The molecule has 1 saturated heterocycles. The Kier molecular flexibility index (Phi) is 3.02. The van der Waals surface area contributed by atoms with Gasteiger partial charge >= 0.3 is 11.9 Å². The Labute approximate surface area is 102 Å². The Balaban J connectivity index is 2.19. The highest BCUT2D eigenvalue weighted by Crippen LogP contribution is 2.17. The lowest BCUT2D eigenvalue weighted by Gasteiger charge is -2.10. The minimum atomic E-state index is -0.568. The number of carbonyl (C=O) groups excluding carboxylic acids is 3. The van der Waals surface area contributed by atoms with E-state index in [4.69, 9.17) is 10.3 Å². The molecule has 0 radical (unpaired) electrons. The summed E-state index contributed by atoms with van der Waals surface area (Å²) in [7, 11) is 0. The van der Waals surface area contributed by atoms with E-state index in [0.29, 0.717) is 11.3 Å². The van der Waals surface area contributed by atoms with Crippen LogP contribution in [0, 0.1) is 6.92 Å². The van der Waals surface area contributed by atoms with Gasteiger partial charge in [0.2, 0.25) is 5.91 Å². The molecule has 0 unspecified atom stereocenters. The minimum Gasteiger partial charge on any atom is -0.456 e. The van der Waals surface area contributed by atoms with Crippen LogP contribution in [-0.2, 0) is 11.3 Å². The average molecular weight is 252 g/mol. The monoisotopic (exact) mass is 252 g/mol. The van der Waals surface area contributed by atoms with Crippen molar-refractivity contribution in [2.45, 2.75) is 13.5 Å². The van der Waals surface area contributed by atoms with Crippen molar-refractivity contribution in [3.05, 3.63) is 23.2 Å². The quantitative estimate of drug-likeness (QED) is 0.283. The van der Waals surface area contributed by atoms with E-state index in [1.54, 1.807) is 6.92 Å². The first-order chi connectivity index (χ1) is 8.52. The molecule has 0 saturated carbocycles. The number of furan rings is 1. The molecule has 96 valence electrons. The number of carbonyl (C=O) groups is 3. The van der Waals surface area contributed by atoms with Crippen LogP contribution in [0.4, 0.5) is 4.79 Å². The second-order valence-corrected chi connectivity index (χ2v) is 3.80. The maximum Gasteiger partial charge on any atom is 0.324 e. The third-order valence-corrected chi connectivity index (χ3v) is 2.64. The number of amides is 4. The van der Waals surface area contributed by atoms with Crippen molar-refractivity contribution >= 4 is 17.8 Å². The third kappa shape index (κ3) is 2.05. The Bertz CT molecular complexity index is 506. The maximum absolute atomic E-state index is 11.4. The largest absolute Gasteiger partial charge is 0.456 e. The van der Waals surface area contributed by atoms with Gasteiger partial charge in [-0.15, -0.1) is 0 Å². The lowest BCUT2D eigenvalue weighted by Crippen LogP contribution is -2.30. The van der Waals surface area contributed by atoms with E-state index in [9.17, 15) is 14.4 Å². The van der Waals surface area contributed by atoms with Crippen molar-refractivity contribution in [3.63, 3.8) is 0 Å². The van der Waals surface area contributed by atoms with Crippen molar-refractivity contribution in [1.82, 2.24) is 15.6 Å². The van der Waals surface area contributed by atoms with Gasteiger partial charge in [0.1, 0.15) is 5.76 Å². The molecule has 0 atom stereocenters. The summed E-state index contributed by atoms with van der Waals surface area (Å²) in [4.78, 5) is 35.1. The number of hydrogen-bond donors (Lipinski definition) is 3. The van der Waals surface area contributed by atoms with Crippen molar-refractivity contribution in [3.8, 4) is 0 Å². The summed E-state index contributed by atoms with van der Waals surface area (Å²) in [5, 5.41) is 2.41. The zero-order chi connectivity index (χ0) is 13.3. The number of hydrazine groups is 1. The van der Waals surface area contributed by atoms with Crippen molar-refractivity contribution in [2.75, 3.05) is 6.54 Å². The summed E-state index contributed by atoms with van der Waals surface area (Å²) in [5.74, 6) is 4.60. The molecule has 18 heavy (non-hydrogen) atoms. The number of imide groups is 1. The molecule has 0 bridgehead atoms. The zero-order valence-electron chi connectivity index (χ0n) is 9.65. The molecule has 8 heteroatoms. The lowest BCUT2D eigenvalue weighted by molar-refractivity contribution is -0.125. The van der Waals surface area contributed by atoms with Crippen molar-refractivity contribution < 1.29 is 18.8 Å². The number of nitrogens with one attached hydrogen (secondary N) is 2. The fourth-order valence-electron chi connectivity index (χ4n) is 1.65. The predicted octanol–water partition coefficient (Wildman–Crippen LogP) is -0.757. The Morgan fingerprint density at radius 1 is 1.61 bits per heavy atom. The highest BCUT2D eigenvalue weighted by molar-refractivity contribution is 6.01. The zero-order valence-corrected chi connectivity index (χ0v) is 9.65. The van der Waals surface area contributed by atoms with Gasteiger partial charge < -0.3 is 9.73 Å². The highest BCUT2D eigenvalue weighted by Gasteiger charge is 2.29. The number of rotatable bonds is 3. The molecule has 1 aliphatic heterocycles. The number of nitrogens with zero attached hydrogens (tertiary/aromatic N) is 1. The first kappa shape index (κ1) is 12.1. The van der Waals surface area contributed by atoms with Gasteiger partial charge in [-0.2, -0.15) is 0 Å². The van der Waals surface area contributed by atoms with E-state index in [0.717, 1.165) is 4.90 Å². The Morgan fingerprint density at radius 3 is 2.89 bits per heavy atom. The van der Waals surface area contributed by atoms with E-state index in [1.807, 2.05) is 5.43 Å². The number of hydrogen-bond acceptors (Lipinski definition) is 5. The molecule has 4 N–H and O–H groups in total. The van der Waals surface area contributed by atoms with Crippen LogP contribution in [0.3, 0.4) is 0 Å². The van der Waals surface area contributed by atoms with E-state index in [2.05, 4.69) is 5.32 Å². The molecule has 8 nitrogen and oxygen atoms in total. The summed E-state index contributed by atoms with van der Waals surface area (Å²) >= 11 is 0. The van der Waals surface area contributed by atoms with Gasteiger partial charge in [0.15, 0.2) is 5.76 Å². The molecule has 2 heterocycles. The molecule has 0 spiro atoms. The summed E-state index contributed by atoms with van der Waals surface area (Å²) in [6.07, 6.45) is 0. The van der Waals surface area contributed by atoms with E-state index in [1.165, 1.54) is 6.07 Å². The number of aryl methyl sites for hydroxylation is 1. The van der Waals surface area contributed by atoms with Crippen LogP contribution in [0.25, 0.3) is 0 Å². The van der Waals surface area contributed by atoms with Gasteiger partial charge in [0.05, 0.1) is 13.1 Å². The Hall–Kier alpha value is -2.35. The maximum atomic E-state index is 11.4. The summed E-state index contributed by atoms with van der Waals surface area (Å²) in [6, 6.07) is 1.00. The van der Waals surface area contributed by atoms with Crippen LogP contribution in [0.1, 0.15) is 21.9 Å². The van der Waals surface area contributed by atoms with Crippen LogP contribution in [-0.4, -0.2) is 29.3 Å². The summed E-state index contributed by atoms with van der Waals surface area (Å²) in [6.45, 7) is 1.70. The highest BCUT2D eigenvalue weighted by atomic mass is 16.4. The number of urea groups is 1. The van der Waals surface area contributed by atoms with Crippen molar-refractivity contribution in [1.29, 1.82) is 0 Å². The van der Waals surface area contributed by atoms with E-state index in [-0.39, 0.29) is 24.8 Å². The molecule has 1 aromatic heterocycles. The first-order valence-electron chi connectivity index (χ1n) is 5.21. The first-order valence-corrected chi connectivity index (χ1v) is 5.21. The second kappa shape index (κ2) is 4.49. The molecular formula is C10H12N4O4.